The first kappa shape index (κ1) is 21.1. The summed E-state index contributed by atoms with van der Waals surface area (Å²) in [5.41, 5.74) is -0.208. The van der Waals surface area contributed by atoms with E-state index in [1.165, 1.54) is 33.5 Å². The number of sulfonamides is 1. The Bertz CT molecular complexity index is 940. The van der Waals surface area contributed by atoms with Crippen molar-refractivity contribution in [1.82, 2.24) is 14.5 Å². The molecule has 0 atom stereocenters. The molecule has 0 aromatic heterocycles. The van der Waals surface area contributed by atoms with Crippen LogP contribution >= 0.6 is 0 Å². The molecule has 1 aliphatic heterocycles. The molecule has 2 aromatic rings. The van der Waals surface area contributed by atoms with Crippen molar-refractivity contribution in [1.29, 1.82) is 0 Å². The van der Waals surface area contributed by atoms with Gasteiger partial charge < -0.3 is 10.2 Å². The number of rotatable bonds is 4. The Kier molecular flexibility index (Phi) is 6.13. The molecule has 1 fully saturated rings. The molecule has 2 aromatic carbocycles. The van der Waals surface area contributed by atoms with Crippen LogP contribution in [-0.2, 0) is 22.7 Å². The van der Waals surface area contributed by atoms with E-state index in [2.05, 4.69) is 5.32 Å². The minimum atomic E-state index is -4.40. The van der Waals surface area contributed by atoms with Gasteiger partial charge in [-0.2, -0.15) is 17.5 Å². The van der Waals surface area contributed by atoms with Crippen LogP contribution < -0.4 is 5.32 Å². The molecule has 0 bridgehead atoms. The fourth-order valence-electron chi connectivity index (χ4n) is 2.97. The van der Waals surface area contributed by atoms with Gasteiger partial charge in [-0.25, -0.2) is 13.2 Å². The average molecular weight is 427 g/mol. The van der Waals surface area contributed by atoms with Gasteiger partial charge in [0.05, 0.1) is 10.5 Å². The Morgan fingerprint density at radius 2 is 1.52 bits per heavy atom. The van der Waals surface area contributed by atoms with Gasteiger partial charge in [-0.15, -0.1) is 0 Å². The summed E-state index contributed by atoms with van der Waals surface area (Å²) in [6.45, 7) is 0.880. The predicted molar refractivity (Wildman–Crippen MR) is 100 cm³/mol. The SMILES string of the molecule is O=C(NCc1ccc(C(F)(F)F)cc1)N1CCN(S(=O)(=O)c2ccccc2)CC1. The molecule has 0 unspecified atom stereocenters. The standard InChI is InChI=1S/C19H20F3N3O3S/c20-19(21,22)16-8-6-15(7-9-16)14-23-18(26)24-10-12-25(13-11-24)29(27,28)17-4-2-1-3-5-17/h1-9H,10-14H2,(H,23,26). The van der Waals surface area contributed by atoms with E-state index in [1.54, 1.807) is 18.2 Å². The number of benzene rings is 2. The van der Waals surface area contributed by atoms with Gasteiger partial charge >= 0.3 is 12.2 Å². The second-order valence-electron chi connectivity index (χ2n) is 6.56. The Hall–Kier alpha value is -2.59. The molecule has 1 saturated heterocycles. The lowest BCUT2D eigenvalue weighted by atomic mass is 10.1. The van der Waals surface area contributed by atoms with E-state index >= 15 is 0 Å². The lowest BCUT2D eigenvalue weighted by Crippen LogP contribution is -2.52. The van der Waals surface area contributed by atoms with Crippen molar-refractivity contribution in [3.05, 3.63) is 65.7 Å². The topological polar surface area (TPSA) is 69.7 Å². The number of carbonyl (C=O) groups excluding carboxylic acids is 1. The molecular weight excluding hydrogens is 407 g/mol. The molecule has 1 heterocycles. The fraction of sp³-hybridized carbons (Fsp3) is 0.316. The van der Waals surface area contributed by atoms with Crippen LogP contribution in [0.3, 0.4) is 0 Å². The van der Waals surface area contributed by atoms with Crippen molar-refractivity contribution >= 4 is 16.1 Å². The molecule has 2 amide bonds. The highest BCUT2D eigenvalue weighted by Crippen LogP contribution is 2.29. The molecule has 0 spiro atoms. The van der Waals surface area contributed by atoms with Crippen LogP contribution in [0.2, 0.25) is 0 Å². The third kappa shape index (κ3) is 5.07. The summed E-state index contributed by atoms with van der Waals surface area (Å²) >= 11 is 0. The number of piperazine rings is 1. The Balaban J connectivity index is 1.51. The quantitative estimate of drug-likeness (QED) is 0.816. The number of hydrogen-bond acceptors (Lipinski definition) is 3. The summed E-state index contributed by atoms with van der Waals surface area (Å²) < 4.78 is 64.3. The third-order valence-corrected chi connectivity index (χ3v) is 6.54. The van der Waals surface area contributed by atoms with E-state index < -0.39 is 21.8 Å². The molecule has 29 heavy (non-hydrogen) atoms. The van der Waals surface area contributed by atoms with Crippen molar-refractivity contribution in [2.75, 3.05) is 26.2 Å². The second kappa shape index (κ2) is 8.42. The van der Waals surface area contributed by atoms with Crippen molar-refractivity contribution in [3.63, 3.8) is 0 Å². The van der Waals surface area contributed by atoms with Gasteiger partial charge in [0.2, 0.25) is 10.0 Å². The lowest BCUT2D eigenvalue weighted by molar-refractivity contribution is -0.137. The zero-order valence-electron chi connectivity index (χ0n) is 15.4. The third-order valence-electron chi connectivity index (χ3n) is 4.63. The van der Waals surface area contributed by atoms with Gasteiger partial charge in [0.1, 0.15) is 0 Å². The van der Waals surface area contributed by atoms with E-state index in [9.17, 15) is 26.4 Å². The monoisotopic (exact) mass is 427 g/mol. The Morgan fingerprint density at radius 1 is 0.931 bits per heavy atom. The summed E-state index contributed by atoms with van der Waals surface area (Å²) in [5, 5.41) is 2.65. The van der Waals surface area contributed by atoms with Crippen LogP contribution in [0.15, 0.2) is 59.5 Å². The molecule has 156 valence electrons. The summed E-state index contributed by atoms with van der Waals surface area (Å²) in [6, 6.07) is 12.3. The largest absolute Gasteiger partial charge is 0.416 e. The highest BCUT2D eigenvalue weighted by molar-refractivity contribution is 7.89. The van der Waals surface area contributed by atoms with E-state index in [0.717, 1.165) is 12.1 Å². The van der Waals surface area contributed by atoms with Gasteiger partial charge in [0, 0.05) is 32.7 Å². The number of urea groups is 1. The minimum absolute atomic E-state index is 0.0828. The average Bonchev–Trinajstić information content (AvgIpc) is 2.72. The molecule has 6 nitrogen and oxygen atoms in total. The van der Waals surface area contributed by atoms with Gasteiger partial charge in [-0.3, -0.25) is 0 Å². The van der Waals surface area contributed by atoms with Crippen LogP contribution in [0.4, 0.5) is 18.0 Å². The second-order valence-corrected chi connectivity index (χ2v) is 8.50. The number of alkyl halides is 3. The van der Waals surface area contributed by atoms with Crippen molar-refractivity contribution in [2.24, 2.45) is 0 Å². The maximum absolute atomic E-state index is 12.6. The molecule has 1 N–H and O–H groups in total. The van der Waals surface area contributed by atoms with Gasteiger partial charge in [-0.1, -0.05) is 30.3 Å². The van der Waals surface area contributed by atoms with E-state index in [1.807, 2.05) is 0 Å². The van der Waals surface area contributed by atoms with Crippen LogP contribution in [-0.4, -0.2) is 49.8 Å². The van der Waals surface area contributed by atoms with Gasteiger partial charge in [-0.05, 0) is 29.8 Å². The highest BCUT2D eigenvalue weighted by atomic mass is 32.2. The number of carbonyl (C=O) groups is 1. The molecule has 0 saturated carbocycles. The lowest BCUT2D eigenvalue weighted by Gasteiger charge is -2.34. The molecular formula is C19H20F3N3O3S. The van der Waals surface area contributed by atoms with Crippen LogP contribution in [0.5, 0.6) is 0 Å². The smallest absolute Gasteiger partial charge is 0.334 e. The van der Waals surface area contributed by atoms with Crippen molar-refractivity contribution in [2.45, 2.75) is 17.6 Å². The van der Waals surface area contributed by atoms with E-state index in [-0.39, 0.29) is 43.7 Å². The number of hydrogen-bond donors (Lipinski definition) is 1. The molecule has 0 radical (unpaired) electrons. The Morgan fingerprint density at radius 3 is 2.07 bits per heavy atom. The number of halogens is 3. The maximum Gasteiger partial charge on any atom is 0.416 e. The van der Waals surface area contributed by atoms with Crippen LogP contribution in [0.1, 0.15) is 11.1 Å². The molecule has 1 aliphatic rings. The van der Waals surface area contributed by atoms with Gasteiger partial charge in [0.25, 0.3) is 0 Å². The van der Waals surface area contributed by atoms with Gasteiger partial charge in [0.15, 0.2) is 0 Å². The number of nitrogens with one attached hydrogen (secondary N) is 1. The summed E-state index contributed by atoms with van der Waals surface area (Å²) in [4.78, 5) is 14.0. The highest BCUT2D eigenvalue weighted by Gasteiger charge is 2.31. The molecule has 10 heteroatoms. The normalized spacial score (nSPS) is 15.9. The number of nitrogens with zero attached hydrogens (tertiary/aromatic N) is 2. The van der Waals surface area contributed by atoms with Crippen molar-refractivity contribution in [3.8, 4) is 0 Å². The fourth-order valence-corrected chi connectivity index (χ4v) is 4.42. The number of amides is 2. The zero-order valence-corrected chi connectivity index (χ0v) is 16.2. The van der Waals surface area contributed by atoms with Crippen LogP contribution in [0, 0.1) is 0 Å². The summed E-state index contributed by atoms with van der Waals surface area (Å²) in [6.07, 6.45) is -4.40. The molecule has 3 rings (SSSR count). The summed E-state index contributed by atoms with van der Waals surface area (Å²) in [7, 11) is -3.60. The maximum atomic E-state index is 12.6. The predicted octanol–water partition coefficient (Wildman–Crippen LogP) is 2.92. The van der Waals surface area contributed by atoms with E-state index in [0.29, 0.717) is 5.56 Å². The first-order chi connectivity index (χ1) is 13.7. The van der Waals surface area contributed by atoms with E-state index in [4.69, 9.17) is 0 Å². The van der Waals surface area contributed by atoms with Crippen molar-refractivity contribution < 1.29 is 26.4 Å². The summed E-state index contributed by atoms with van der Waals surface area (Å²) in [5.74, 6) is 0. The first-order valence-electron chi connectivity index (χ1n) is 8.92. The first-order valence-corrected chi connectivity index (χ1v) is 10.4. The Labute approximate surface area is 167 Å². The molecule has 0 aliphatic carbocycles. The zero-order chi connectivity index (χ0) is 21.1. The van der Waals surface area contributed by atoms with Crippen LogP contribution in [0.25, 0.3) is 0 Å². The minimum Gasteiger partial charge on any atom is -0.334 e.